The highest BCUT2D eigenvalue weighted by Crippen LogP contribution is 2.41. The van der Waals surface area contributed by atoms with E-state index in [2.05, 4.69) is 20.4 Å². The summed E-state index contributed by atoms with van der Waals surface area (Å²) in [5.74, 6) is 1.96. The predicted molar refractivity (Wildman–Crippen MR) is 133 cm³/mol. The van der Waals surface area contributed by atoms with Crippen LogP contribution in [0.15, 0.2) is 35.5 Å². The fourth-order valence-electron chi connectivity index (χ4n) is 3.84. The van der Waals surface area contributed by atoms with Crippen molar-refractivity contribution in [3.8, 4) is 0 Å². The molecule has 1 rings (SSSR count). The van der Waals surface area contributed by atoms with Crippen LogP contribution in [0.3, 0.4) is 0 Å². The van der Waals surface area contributed by atoms with Crippen molar-refractivity contribution in [3.63, 3.8) is 0 Å². The van der Waals surface area contributed by atoms with Crippen molar-refractivity contribution in [3.05, 3.63) is 35.5 Å². The molecule has 184 valence electrons. The summed E-state index contributed by atoms with van der Waals surface area (Å²) in [5.41, 5.74) is 0. The lowest BCUT2D eigenvalue weighted by molar-refractivity contribution is -0.142. The van der Waals surface area contributed by atoms with E-state index in [0.29, 0.717) is 25.4 Å². The molecule has 0 saturated heterocycles. The zero-order chi connectivity index (χ0) is 23.8. The molecule has 0 saturated carbocycles. The van der Waals surface area contributed by atoms with Crippen molar-refractivity contribution < 1.29 is 24.5 Å². The lowest BCUT2D eigenvalue weighted by Crippen LogP contribution is -2.15. The van der Waals surface area contributed by atoms with Crippen LogP contribution in [0, 0.1) is 11.8 Å². The number of esters is 1. The number of thioether (sulfide) groups is 1. The van der Waals surface area contributed by atoms with Gasteiger partial charge in [-0.15, -0.1) is 11.8 Å². The lowest BCUT2D eigenvalue weighted by atomic mass is 9.96. The highest BCUT2D eigenvalue weighted by atomic mass is 32.2. The molecule has 4 atom stereocenters. The van der Waals surface area contributed by atoms with Crippen LogP contribution in [-0.4, -0.2) is 47.4 Å². The van der Waals surface area contributed by atoms with Crippen LogP contribution in [0.4, 0.5) is 0 Å². The van der Waals surface area contributed by atoms with E-state index < -0.39 is 12.2 Å². The third-order valence-corrected chi connectivity index (χ3v) is 6.89. The summed E-state index contributed by atoms with van der Waals surface area (Å²) in [6.45, 7) is 10.7. The Hall–Kier alpha value is -1.24. The van der Waals surface area contributed by atoms with E-state index in [4.69, 9.17) is 9.47 Å². The predicted octanol–water partition coefficient (Wildman–Crippen LogP) is 5.77. The Morgan fingerprint density at radius 1 is 1.28 bits per heavy atom. The van der Waals surface area contributed by atoms with Crippen LogP contribution in [-0.2, 0) is 14.3 Å². The Morgan fingerprint density at radius 3 is 2.75 bits per heavy atom. The van der Waals surface area contributed by atoms with Crippen molar-refractivity contribution in [1.29, 1.82) is 0 Å². The maximum Gasteiger partial charge on any atom is 0.306 e. The fraction of sp³-hybridized carbons (Fsp3) is 0.731. The van der Waals surface area contributed by atoms with Gasteiger partial charge >= 0.3 is 5.97 Å². The van der Waals surface area contributed by atoms with E-state index in [1.165, 1.54) is 12.8 Å². The number of carbonyl (C=O) groups excluding carboxylic acids is 1. The van der Waals surface area contributed by atoms with Gasteiger partial charge in [0.25, 0.3) is 0 Å². The van der Waals surface area contributed by atoms with E-state index in [9.17, 15) is 15.0 Å². The SMILES string of the molecule is C=CCOC(=O)CCCCCSC1=C(OCC)C[C@@H](O)[C@@H]1/C=C/[C@@H](O)C[C@H](C)CCCC. The third kappa shape index (κ3) is 11.6. The first-order chi connectivity index (χ1) is 15.4. The number of ether oxygens (including phenoxy) is 2. The third-order valence-electron chi connectivity index (χ3n) is 5.59. The van der Waals surface area contributed by atoms with Crippen LogP contribution < -0.4 is 0 Å². The highest BCUT2D eigenvalue weighted by Gasteiger charge is 2.33. The van der Waals surface area contributed by atoms with Crippen LogP contribution in [0.1, 0.15) is 78.6 Å². The molecule has 0 aromatic rings. The largest absolute Gasteiger partial charge is 0.497 e. The fourth-order valence-corrected chi connectivity index (χ4v) is 5.14. The molecule has 0 bridgehead atoms. The summed E-state index contributed by atoms with van der Waals surface area (Å²) in [6, 6.07) is 0. The second kappa shape index (κ2) is 17.3. The molecular weight excluding hydrogens is 424 g/mol. The minimum absolute atomic E-state index is 0.129. The number of aliphatic hydroxyl groups excluding tert-OH is 2. The maximum atomic E-state index is 11.5. The molecule has 0 aromatic heterocycles. The summed E-state index contributed by atoms with van der Waals surface area (Å²) >= 11 is 1.73. The van der Waals surface area contributed by atoms with Gasteiger partial charge in [-0.05, 0) is 37.9 Å². The van der Waals surface area contributed by atoms with Gasteiger partial charge in [-0.3, -0.25) is 4.79 Å². The van der Waals surface area contributed by atoms with E-state index in [1.807, 2.05) is 19.1 Å². The number of rotatable bonds is 18. The maximum absolute atomic E-state index is 11.5. The molecular formula is C26H44O5S. The van der Waals surface area contributed by atoms with E-state index in [1.54, 1.807) is 17.8 Å². The Bertz CT molecular complexity index is 601. The van der Waals surface area contributed by atoms with Gasteiger partial charge in [-0.2, -0.15) is 0 Å². The number of hydrogen-bond acceptors (Lipinski definition) is 6. The second-order valence-electron chi connectivity index (χ2n) is 8.58. The van der Waals surface area contributed by atoms with Gasteiger partial charge in [0.1, 0.15) is 12.4 Å². The van der Waals surface area contributed by atoms with Crippen LogP contribution in [0.25, 0.3) is 0 Å². The smallest absolute Gasteiger partial charge is 0.306 e. The number of aliphatic hydroxyl groups is 2. The monoisotopic (exact) mass is 468 g/mol. The standard InChI is InChI=1S/C26H44O5S/c1-5-8-12-20(4)18-21(27)14-15-22-23(28)19-24(30-7-3)26(22)32-17-11-9-10-13-25(29)31-16-6-2/h6,14-15,20-23,27-28H,2,5,7-13,16-19H2,1,3-4H3/b15-14+/t20-,21-,22+,23-/m1/s1. The van der Waals surface area contributed by atoms with E-state index >= 15 is 0 Å². The molecule has 0 unspecified atom stereocenters. The van der Waals surface area contributed by atoms with Crippen molar-refractivity contribution in [2.75, 3.05) is 19.0 Å². The zero-order valence-corrected chi connectivity index (χ0v) is 21.1. The summed E-state index contributed by atoms with van der Waals surface area (Å²) < 4.78 is 10.8. The average Bonchev–Trinajstić information content (AvgIpc) is 3.05. The Balaban J connectivity index is 2.53. The van der Waals surface area contributed by atoms with Gasteiger partial charge in [-0.25, -0.2) is 0 Å². The molecule has 1 aliphatic carbocycles. The number of unbranched alkanes of at least 4 members (excludes halogenated alkanes) is 3. The first-order valence-electron chi connectivity index (χ1n) is 12.2. The molecule has 0 aliphatic heterocycles. The normalized spacial score (nSPS) is 20.5. The Labute approximate surface area is 199 Å². The van der Waals surface area contributed by atoms with Crippen LogP contribution in [0.2, 0.25) is 0 Å². The molecule has 2 N–H and O–H groups in total. The van der Waals surface area contributed by atoms with Gasteiger partial charge in [0, 0.05) is 23.7 Å². The quantitative estimate of drug-likeness (QED) is 0.151. The van der Waals surface area contributed by atoms with Crippen molar-refractivity contribution in [2.45, 2.75) is 90.8 Å². The summed E-state index contributed by atoms with van der Waals surface area (Å²) in [5, 5.41) is 21.0. The lowest BCUT2D eigenvalue weighted by Gasteiger charge is -2.17. The van der Waals surface area contributed by atoms with E-state index in [-0.39, 0.29) is 18.5 Å². The van der Waals surface area contributed by atoms with Gasteiger partial charge < -0.3 is 19.7 Å². The molecule has 5 nitrogen and oxygen atoms in total. The molecule has 0 heterocycles. The molecule has 32 heavy (non-hydrogen) atoms. The zero-order valence-electron chi connectivity index (χ0n) is 20.3. The number of hydrogen-bond donors (Lipinski definition) is 2. The van der Waals surface area contributed by atoms with Crippen LogP contribution >= 0.6 is 11.8 Å². The van der Waals surface area contributed by atoms with Gasteiger partial charge in [0.15, 0.2) is 0 Å². The summed E-state index contributed by atoms with van der Waals surface area (Å²) in [4.78, 5) is 12.6. The number of carbonyl (C=O) groups is 1. The topological polar surface area (TPSA) is 76.0 Å². The van der Waals surface area contributed by atoms with Crippen molar-refractivity contribution >= 4 is 17.7 Å². The molecule has 0 amide bonds. The summed E-state index contributed by atoms with van der Waals surface area (Å²) in [7, 11) is 0. The molecule has 0 radical (unpaired) electrons. The summed E-state index contributed by atoms with van der Waals surface area (Å²) in [6.07, 6.45) is 12.3. The Morgan fingerprint density at radius 2 is 2.06 bits per heavy atom. The van der Waals surface area contributed by atoms with Crippen molar-refractivity contribution in [1.82, 2.24) is 0 Å². The van der Waals surface area contributed by atoms with Gasteiger partial charge in [-0.1, -0.05) is 64.3 Å². The average molecular weight is 469 g/mol. The Kier molecular flexibility index (Phi) is 15.5. The van der Waals surface area contributed by atoms with Gasteiger partial charge in [0.2, 0.25) is 0 Å². The molecule has 0 fully saturated rings. The second-order valence-corrected chi connectivity index (χ2v) is 9.72. The minimum Gasteiger partial charge on any atom is -0.497 e. The first kappa shape index (κ1) is 28.8. The first-order valence-corrected chi connectivity index (χ1v) is 13.2. The van der Waals surface area contributed by atoms with Crippen molar-refractivity contribution in [2.24, 2.45) is 11.8 Å². The van der Waals surface area contributed by atoms with Gasteiger partial charge in [0.05, 0.1) is 18.8 Å². The van der Waals surface area contributed by atoms with E-state index in [0.717, 1.165) is 48.5 Å². The molecule has 0 aromatic carbocycles. The highest BCUT2D eigenvalue weighted by molar-refractivity contribution is 8.03. The molecule has 1 aliphatic rings. The molecule has 0 spiro atoms. The van der Waals surface area contributed by atoms with Crippen LogP contribution in [0.5, 0.6) is 0 Å². The molecule has 6 heteroatoms. The minimum atomic E-state index is -0.514.